The molecule has 2 aromatic heterocycles. The zero-order valence-corrected chi connectivity index (χ0v) is 16.9. The van der Waals surface area contributed by atoms with Crippen LogP contribution in [-0.4, -0.2) is 30.7 Å². The van der Waals surface area contributed by atoms with Crippen LogP contribution in [0, 0.1) is 0 Å². The van der Waals surface area contributed by atoms with E-state index in [0.29, 0.717) is 12.5 Å². The molecule has 0 aliphatic rings. The largest absolute Gasteiger partial charge is 0.469 e. The Morgan fingerprint density at radius 2 is 1.82 bits per heavy atom. The van der Waals surface area contributed by atoms with Crippen molar-refractivity contribution in [2.45, 2.75) is 25.4 Å². The third-order valence-electron chi connectivity index (χ3n) is 4.39. The molecule has 3 aromatic rings. The SMILES string of the molecule is CC(O)(CN=C(NCCc1ccccc1)NCCc1ccco1)c1cccs1. The highest BCUT2D eigenvalue weighted by molar-refractivity contribution is 7.10. The number of benzene rings is 1. The molecule has 0 saturated carbocycles. The number of nitrogens with one attached hydrogen (secondary N) is 2. The molecule has 0 saturated heterocycles. The molecule has 1 atom stereocenters. The normalized spacial score (nSPS) is 13.9. The van der Waals surface area contributed by atoms with Gasteiger partial charge in [-0.1, -0.05) is 36.4 Å². The summed E-state index contributed by atoms with van der Waals surface area (Å²) in [6.07, 6.45) is 3.36. The van der Waals surface area contributed by atoms with Gasteiger partial charge in [-0.3, -0.25) is 0 Å². The van der Waals surface area contributed by atoms with E-state index in [0.717, 1.165) is 30.0 Å². The lowest BCUT2D eigenvalue weighted by Gasteiger charge is -2.20. The molecule has 5 nitrogen and oxygen atoms in total. The second kappa shape index (κ2) is 10.1. The van der Waals surface area contributed by atoms with Gasteiger partial charge >= 0.3 is 0 Å². The Kier molecular flexibility index (Phi) is 7.28. The smallest absolute Gasteiger partial charge is 0.191 e. The average Bonchev–Trinajstić information content (AvgIpc) is 3.41. The molecule has 3 rings (SSSR count). The van der Waals surface area contributed by atoms with Crippen molar-refractivity contribution in [3.63, 3.8) is 0 Å². The van der Waals surface area contributed by atoms with E-state index in [1.165, 1.54) is 5.56 Å². The zero-order valence-electron chi connectivity index (χ0n) is 16.1. The fourth-order valence-electron chi connectivity index (χ4n) is 2.80. The number of aliphatic hydroxyl groups is 1. The molecule has 0 spiro atoms. The van der Waals surface area contributed by atoms with Crippen molar-refractivity contribution in [2.75, 3.05) is 19.6 Å². The van der Waals surface area contributed by atoms with Crippen molar-refractivity contribution in [3.8, 4) is 0 Å². The number of furan rings is 1. The molecule has 0 bridgehead atoms. The highest BCUT2D eigenvalue weighted by atomic mass is 32.1. The van der Waals surface area contributed by atoms with Crippen molar-refractivity contribution >= 4 is 17.3 Å². The van der Waals surface area contributed by atoms with E-state index >= 15 is 0 Å². The molecule has 0 fully saturated rings. The van der Waals surface area contributed by atoms with Gasteiger partial charge in [0.25, 0.3) is 0 Å². The minimum atomic E-state index is -0.983. The number of aliphatic imine (C=N–C) groups is 1. The van der Waals surface area contributed by atoms with Gasteiger partial charge in [0.2, 0.25) is 0 Å². The van der Waals surface area contributed by atoms with Gasteiger partial charge < -0.3 is 20.2 Å². The van der Waals surface area contributed by atoms with E-state index in [1.54, 1.807) is 24.5 Å². The Morgan fingerprint density at radius 1 is 1.04 bits per heavy atom. The summed E-state index contributed by atoms with van der Waals surface area (Å²) >= 11 is 1.54. The second-order valence-corrected chi connectivity index (χ2v) is 7.78. The number of nitrogens with zero attached hydrogens (tertiary/aromatic N) is 1. The maximum Gasteiger partial charge on any atom is 0.191 e. The Hall–Kier alpha value is -2.57. The Bertz CT molecular complexity index is 828. The molecule has 0 aliphatic heterocycles. The lowest BCUT2D eigenvalue weighted by molar-refractivity contribution is 0.0711. The fourth-order valence-corrected chi connectivity index (χ4v) is 3.58. The quantitative estimate of drug-likeness (QED) is 0.381. The summed E-state index contributed by atoms with van der Waals surface area (Å²) in [5.74, 6) is 1.63. The van der Waals surface area contributed by atoms with Crippen LogP contribution in [0.15, 0.2) is 75.7 Å². The molecule has 148 valence electrons. The predicted molar refractivity (Wildman–Crippen MR) is 115 cm³/mol. The molecule has 1 aromatic carbocycles. The molecular formula is C22H27N3O2S. The molecule has 0 radical (unpaired) electrons. The van der Waals surface area contributed by atoms with Crippen molar-refractivity contribution in [2.24, 2.45) is 4.99 Å². The Labute approximate surface area is 170 Å². The summed E-state index contributed by atoms with van der Waals surface area (Å²) in [5, 5.41) is 19.4. The zero-order chi connectivity index (χ0) is 19.7. The number of rotatable bonds is 9. The van der Waals surface area contributed by atoms with Gasteiger partial charge in [0.1, 0.15) is 11.4 Å². The summed E-state index contributed by atoms with van der Waals surface area (Å²) in [6.45, 7) is 3.55. The highest BCUT2D eigenvalue weighted by Gasteiger charge is 2.24. The van der Waals surface area contributed by atoms with Crippen LogP contribution >= 0.6 is 11.3 Å². The number of guanidine groups is 1. The first-order valence-corrected chi connectivity index (χ1v) is 10.4. The summed E-state index contributed by atoms with van der Waals surface area (Å²) in [6, 6.07) is 18.1. The van der Waals surface area contributed by atoms with Crippen LogP contribution in [0.1, 0.15) is 23.1 Å². The van der Waals surface area contributed by atoms with Gasteiger partial charge in [-0.25, -0.2) is 4.99 Å². The van der Waals surface area contributed by atoms with Crippen LogP contribution in [0.3, 0.4) is 0 Å². The molecule has 28 heavy (non-hydrogen) atoms. The number of hydrogen-bond donors (Lipinski definition) is 3. The van der Waals surface area contributed by atoms with Gasteiger partial charge in [-0.2, -0.15) is 0 Å². The molecule has 0 amide bonds. The lowest BCUT2D eigenvalue weighted by atomic mass is 10.1. The minimum absolute atomic E-state index is 0.287. The van der Waals surface area contributed by atoms with Crippen LogP contribution in [0.5, 0.6) is 0 Å². The van der Waals surface area contributed by atoms with Gasteiger partial charge in [-0.05, 0) is 42.5 Å². The average molecular weight is 398 g/mol. The van der Waals surface area contributed by atoms with Gasteiger partial charge in [0.05, 0.1) is 12.8 Å². The second-order valence-electron chi connectivity index (χ2n) is 6.83. The standard InChI is InChI=1S/C22H27N3O2S/c1-22(26,20-10-6-16-28-20)17-25-21(24-14-12-19-9-5-15-27-19)23-13-11-18-7-3-2-4-8-18/h2-10,15-16,26H,11-14,17H2,1H3,(H2,23,24,25). The fraction of sp³-hybridized carbons (Fsp3) is 0.318. The molecular weight excluding hydrogens is 370 g/mol. The third-order valence-corrected chi connectivity index (χ3v) is 5.51. The van der Waals surface area contributed by atoms with E-state index in [2.05, 4.69) is 27.8 Å². The van der Waals surface area contributed by atoms with Crippen molar-refractivity contribution in [1.82, 2.24) is 10.6 Å². The van der Waals surface area contributed by atoms with Gasteiger partial charge in [0, 0.05) is 24.4 Å². The minimum Gasteiger partial charge on any atom is -0.469 e. The maximum absolute atomic E-state index is 10.7. The summed E-state index contributed by atoms with van der Waals surface area (Å²) in [7, 11) is 0. The van der Waals surface area contributed by atoms with Crippen LogP contribution in [0.4, 0.5) is 0 Å². The highest BCUT2D eigenvalue weighted by Crippen LogP contribution is 2.25. The van der Waals surface area contributed by atoms with Crippen LogP contribution in [-0.2, 0) is 18.4 Å². The van der Waals surface area contributed by atoms with Crippen molar-refractivity contribution in [3.05, 3.63) is 82.4 Å². The topological polar surface area (TPSA) is 69.8 Å². The van der Waals surface area contributed by atoms with E-state index in [1.807, 2.05) is 47.8 Å². The van der Waals surface area contributed by atoms with E-state index in [4.69, 9.17) is 4.42 Å². The first kappa shape index (κ1) is 20.2. The Morgan fingerprint density at radius 3 is 2.50 bits per heavy atom. The predicted octanol–water partition coefficient (Wildman–Crippen LogP) is 3.57. The van der Waals surface area contributed by atoms with Crippen molar-refractivity contribution in [1.29, 1.82) is 0 Å². The van der Waals surface area contributed by atoms with E-state index < -0.39 is 5.60 Å². The summed E-state index contributed by atoms with van der Waals surface area (Å²) in [4.78, 5) is 5.53. The van der Waals surface area contributed by atoms with Crippen molar-refractivity contribution < 1.29 is 9.52 Å². The van der Waals surface area contributed by atoms with Crippen LogP contribution < -0.4 is 10.6 Å². The lowest BCUT2D eigenvalue weighted by Crippen LogP contribution is -2.40. The molecule has 6 heteroatoms. The Balaban J connectivity index is 1.57. The summed E-state index contributed by atoms with van der Waals surface area (Å²) in [5.41, 5.74) is 0.291. The third kappa shape index (κ3) is 6.25. The number of thiophene rings is 1. The first-order chi connectivity index (χ1) is 13.6. The number of hydrogen-bond acceptors (Lipinski definition) is 4. The molecule has 3 N–H and O–H groups in total. The monoisotopic (exact) mass is 397 g/mol. The van der Waals surface area contributed by atoms with Gasteiger partial charge in [-0.15, -0.1) is 11.3 Å². The maximum atomic E-state index is 10.7. The van der Waals surface area contributed by atoms with Gasteiger partial charge in [0.15, 0.2) is 5.96 Å². The van der Waals surface area contributed by atoms with E-state index in [9.17, 15) is 5.11 Å². The van der Waals surface area contributed by atoms with E-state index in [-0.39, 0.29) is 6.54 Å². The molecule has 2 heterocycles. The summed E-state index contributed by atoms with van der Waals surface area (Å²) < 4.78 is 5.38. The first-order valence-electron chi connectivity index (χ1n) is 9.48. The molecule has 0 aliphatic carbocycles. The van der Waals surface area contributed by atoms with Crippen LogP contribution in [0.2, 0.25) is 0 Å². The van der Waals surface area contributed by atoms with Crippen LogP contribution in [0.25, 0.3) is 0 Å². The molecule has 1 unspecified atom stereocenters.